The van der Waals surface area contributed by atoms with Crippen molar-refractivity contribution in [1.82, 2.24) is 9.38 Å². The van der Waals surface area contributed by atoms with Gasteiger partial charge < -0.3 is 5.73 Å². The van der Waals surface area contributed by atoms with Crippen LogP contribution in [0, 0.1) is 6.92 Å². The summed E-state index contributed by atoms with van der Waals surface area (Å²) in [5.41, 5.74) is 7.84. The van der Waals surface area contributed by atoms with E-state index in [0.717, 1.165) is 11.4 Å². The maximum atomic E-state index is 5.98. The molecule has 2 N–H and O–H groups in total. The van der Waals surface area contributed by atoms with Crippen molar-refractivity contribution in [2.75, 3.05) is 0 Å². The molecule has 0 unspecified atom stereocenters. The van der Waals surface area contributed by atoms with Crippen LogP contribution < -0.4 is 5.73 Å². The minimum atomic E-state index is 0.331. The molecule has 2 heterocycles. The second kappa shape index (κ2) is 3.22. The zero-order chi connectivity index (χ0) is 10.3. The van der Waals surface area contributed by atoms with Crippen LogP contribution in [0.3, 0.4) is 0 Å². The van der Waals surface area contributed by atoms with Gasteiger partial charge in [-0.2, -0.15) is 0 Å². The van der Waals surface area contributed by atoms with Crippen LogP contribution in [0.15, 0.2) is 18.3 Å². The molecule has 3 nitrogen and oxygen atoms in total. The van der Waals surface area contributed by atoms with Gasteiger partial charge >= 0.3 is 0 Å². The van der Waals surface area contributed by atoms with E-state index in [0.29, 0.717) is 15.7 Å². The second-order valence-corrected chi connectivity index (χ2v) is 3.81. The van der Waals surface area contributed by atoms with E-state index in [-0.39, 0.29) is 0 Å². The number of thiocarbonyl (C=S) groups is 1. The lowest BCUT2D eigenvalue weighted by Gasteiger charge is -1.99. The van der Waals surface area contributed by atoms with E-state index < -0.39 is 0 Å². The van der Waals surface area contributed by atoms with Crippen molar-refractivity contribution in [1.29, 1.82) is 0 Å². The maximum Gasteiger partial charge on any atom is 0.156 e. The van der Waals surface area contributed by atoms with E-state index in [9.17, 15) is 0 Å². The Morgan fingerprint density at radius 2 is 2.36 bits per heavy atom. The minimum Gasteiger partial charge on any atom is -0.388 e. The van der Waals surface area contributed by atoms with Gasteiger partial charge in [0.05, 0.1) is 10.7 Å². The molecular formula is C9H8ClN3S. The topological polar surface area (TPSA) is 43.3 Å². The highest BCUT2D eigenvalue weighted by Crippen LogP contribution is 2.19. The van der Waals surface area contributed by atoms with Crippen LogP contribution in [-0.4, -0.2) is 14.4 Å². The minimum absolute atomic E-state index is 0.331. The van der Waals surface area contributed by atoms with Gasteiger partial charge in [-0.15, -0.1) is 0 Å². The summed E-state index contributed by atoms with van der Waals surface area (Å²) in [6.45, 7) is 1.86. The highest BCUT2D eigenvalue weighted by Gasteiger charge is 2.12. The normalized spacial score (nSPS) is 10.7. The Balaban J connectivity index is 2.90. The van der Waals surface area contributed by atoms with Gasteiger partial charge in [-0.25, -0.2) is 4.98 Å². The molecule has 0 radical (unpaired) electrons. The maximum absolute atomic E-state index is 5.98. The number of pyridine rings is 1. The summed E-state index contributed by atoms with van der Waals surface area (Å²) in [5, 5.41) is 0.595. The molecular weight excluding hydrogens is 218 g/mol. The fourth-order valence-corrected chi connectivity index (χ4v) is 1.90. The first-order valence-electron chi connectivity index (χ1n) is 4.04. The number of rotatable bonds is 1. The van der Waals surface area contributed by atoms with E-state index >= 15 is 0 Å². The molecule has 0 saturated carbocycles. The van der Waals surface area contributed by atoms with Gasteiger partial charge in [0, 0.05) is 6.20 Å². The number of imidazole rings is 1. The molecule has 0 spiro atoms. The third-order valence-electron chi connectivity index (χ3n) is 2.01. The fourth-order valence-electron chi connectivity index (χ4n) is 1.44. The van der Waals surface area contributed by atoms with E-state index in [4.69, 9.17) is 29.6 Å². The molecule has 72 valence electrons. The summed E-state index contributed by atoms with van der Waals surface area (Å²) in [6.07, 6.45) is 1.84. The second-order valence-electron chi connectivity index (χ2n) is 2.96. The van der Waals surface area contributed by atoms with Crippen molar-refractivity contribution in [2.45, 2.75) is 6.92 Å². The summed E-state index contributed by atoms with van der Waals surface area (Å²) in [7, 11) is 0. The molecule has 0 aliphatic rings. The third kappa shape index (κ3) is 1.27. The van der Waals surface area contributed by atoms with Gasteiger partial charge in [-0.05, 0) is 19.1 Å². The number of halogens is 1. The lowest BCUT2D eigenvalue weighted by molar-refractivity contribution is 1.16. The molecule has 0 fully saturated rings. The first kappa shape index (κ1) is 9.43. The lowest BCUT2D eigenvalue weighted by atomic mass is 10.3. The van der Waals surface area contributed by atoms with Crippen LogP contribution in [-0.2, 0) is 0 Å². The lowest BCUT2D eigenvalue weighted by Crippen LogP contribution is -2.13. The Bertz CT molecular complexity index is 518. The number of aromatic nitrogens is 2. The summed E-state index contributed by atoms with van der Waals surface area (Å²) in [5.74, 6) is 0. The first-order chi connectivity index (χ1) is 6.61. The summed E-state index contributed by atoms with van der Waals surface area (Å²) >= 11 is 10.9. The van der Waals surface area contributed by atoms with Gasteiger partial charge in [0.2, 0.25) is 0 Å². The first-order valence-corrected chi connectivity index (χ1v) is 4.83. The summed E-state index contributed by atoms with van der Waals surface area (Å²) < 4.78 is 1.81. The number of nitrogens with two attached hydrogens (primary N) is 1. The highest BCUT2D eigenvalue weighted by atomic mass is 35.5. The molecule has 0 aliphatic heterocycles. The number of hydrogen-bond donors (Lipinski definition) is 1. The Hall–Kier alpha value is -1.13. The van der Waals surface area contributed by atoms with Gasteiger partial charge in [0.1, 0.15) is 10.7 Å². The summed E-state index contributed by atoms with van der Waals surface area (Å²) in [6, 6.07) is 3.62. The number of hydrogen-bond acceptors (Lipinski definition) is 2. The Morgan fingerprint density at radius 1 is 1.64 bits per heavy atom. The van der Waals surface area contributed by atoms with Gasteiger partial charge in [0.25, 0.3) is 0 Å². The zero-order valence-electron chi connectivity index (χ0n) is 7.49. The van der Waals surface area contributed by atoms with Crippen molar-refractivity contribution in [3.8, 4) is 0 Å². The van der Waals surface area contributed by atoms with Crippen molar-refractivity contribution in [2.24, 2.45) is 5.73 Å². The average Bonchev–Trinajstić information content (AvgIpc) is 2.42. The molecule has 2 rings (SSSR count). The monoisotopic (exact) mass is 225 g/mol. The quantitative estimate of drug-likeness (QED) is 0.755. The molecule has 14 heavy (non-hydrogen) atoms. The fraction of sp³-hybridized carbons (Fsp3) is 0.111. The van der Waals surface area contributed by atoms with E-state index in [1.54, 1.807) is 10.5 Å². The van der Waals surface area contributed by atoms with Crippen LogP contribution in [0.4, 0.5) is 0 Å². The van der Waals surface area contributed by atoms with Crippen LogP contribution in [0.1, 0.15) is 11.4 Å². The molecule has 0 bridgehead atoms. The van der Waals surface area contributed by atoms with E-state index in [1.165, 1.54) is 0 Å². The number of nitrogens with zero attached hydrogens (tertiary/aromatic N) is 2. The molecule has 0 aromatic carbocycles. The Labute approximate surface area is 91.5 Å². The van der Waals surface area contributed by atoms with Gasteiger partial charge in [-0.1, -0.05) is 23.8 Å². The van der Waals surface area contributed by atoms with Crippen molar-refractivity contribution in [3.63, 3.8) is 0 Å². The van der Waals surface area contributed by atoms with Crippen LogP contribution in [0.5, 0.6) is 0 Å². The van der Waals surface area contributed by atoms with E-state index in [1.807, 2.05) is 19.2 Å². The molecule has 0 aliphatic carbocycles. The largest absolute Gasteiger partial charge is 0.388 e. The Kier molecular flexibility index (Phi) is 2.17. The molecule has 0 saturated heterocycles. The van der Waals surface area contributed by atoms with Crippen molar-refractivity contribution >= 4 is 34.5 Å². The third-order valence-corrected chi connectivity index (χ3v) is 2.50. The summed E-state index contributed by atoms with van der Waals surface area (Å²) in [4.78, 5) is 4.63. The van der Waals surface area contributed by atoms with Crippen LogP contribution >= 0.6 is 23.8 Å². The van der Waals surface area contributed by atoms with E-state index in [2.05, 4.69) is 4.98 Å². The standard InChI is InChI=1S/C9H8ClN3S/c1-5-7(8(11)14)13-4-2-3-6(10)9(13)12-5/h2-4H,1H3,(H2,11,14). The predicted molar refractivity (Wildman–Crippen MR) is 60.8 cm³/mol. The van der Waals surface area contributed by atoms with Gasteiger partial charge in [-0.3, -0.25) is 4.40 Å². The number of fused-ring (bicyclic) bond motifs is 1. The zero-order valence-corrected chi connectivity index (χ0v) is 9.06. The molecule has 2 aromatic rings. The molecule has 2 aromatic heterocycles. The average molecular weight is 226 g/mol. The molecule has 5 heteroatoms. The van der Waals surface area contributed by atoms with Gasteiger partial charge in [0.15, 0.2) is 5.65 Å². The smallest absolute Gasteiger partial charge is 0.156 e. The molecule has 0 amide bonds. The highest BCUT2D eigenvalue weighted by molar-refractivity contribution is 7.80. The van der Waals surface area contributed by atoms with Crippen molar-refractivity contribution in [3.05, 3.63) is 34.7 Å². The van der Waals surface area contributed by atoms with Crippen LogP contribution in [0.2, 0.25) is 5.02 Å². The SMILES string of the molecule is Cc1nc2c(Cl)cccn2c1C(N)=S. The molecule has 0 atom stereocenters. The van der Waals surface area contributed by atoms with Crippen molar-refractivity contribution < 1.29 is 0 Å². The number of aryl methyl sites for hydroxylation is 1. The Morgan fingerprint density at radius 3 is 3.00 bits per heavy atom. The van der Waals surface area contributed by atoms with Crippen LogP contribution in [0.25, 0.3) is 5.65 Å². The predicted octanol–water partition coefficient (Wildman–Crippen LogP) is 1.93.